The highest BCUT2D eigenvalue weighted by Crippen LogP contribution is 2.06. The number of hydrogen-bond donors (Lipinski definition) is 2. The third-order valence-corrected chi connectivity index (χ3v) is 2.63. The molecule has 0 rings (SSSR count). The van der Waals surface area contributed by atoms with E-state index in [1.165, 1.54) is 32.1 Å². The lowest BCUT2D eigenvalue weighted by Gasteiger charge is -2.14. The minimum Gasteiger partial charge on any atom is -0.409 e. The van der Waals surface area contributed by atoms with Crippen molar-refractivity contribution in [3.8, 4) is 0 Å². The van der Waals surface area contributed by atoms with Crippen LogP contribution in [0.5, 0.6) is 0 Å². The van der Waals surface area contributed by atoms with Crippen molar-refractivity contribution in [2.75, 3.05) is 6.61 Å². The Labute approximate surface area is 98.9 Å². The summed E-state index contributed by atoms with van der Waals surface area (Å²) in [5.74, 6) is 0.175. The van der Waals surface area contributed by atoms with Crippen LogP contribution in [0.3, 0.4) is 0 Å². The Bertz CT molecular complexity index is 184. The van der Waals surface area contributed by atoms with E-state index in [1.54, 1.807) is 0 Å². The highest BCUT2D eigenvalue weighted by molar-refractivity contribution is 5.84. The Morgan fingerprint density at radius 2 is 1.81 bits per heavy atom. The maximum Gasteiger partial charge on any atom is 0.168 e. The van der Waals surface area contributed by atoms with Gasteiger partial charge in [0.25, 0.3) is 0 Å². The summed E-state index contributed by atoms with van der Waals surface area (Å²) >= 11 is 0. The summed E-state index contributed by atoms with van der Waals surface area (Å²) in [5.41, 5.74) is 5.48. The molecule has 0 fully saturated rings. The van der Waals surface area contributed by atoms with Crippen LogP contribution in [-0.4, -0.2) is 23.8 Å². The standard InChI is InChI=1S/C12H26N2O2/c1-3-5-6-7-8-9-10-16-11(4-2)12(13)14-15/h11,15H,3-10H2,1-2H3,(H2,13,14). The molecule has 0 aromatic heterocycles. The quantitative estimate of drug-likeness (QED) is 0.199. The fraction of sp³-hybridized carbons (Fsp3) is 0.917. The molecule has 0 aromatic rings. The molecule has 0 saturated carbocycles. The maximum atomic E-state index is 8.52. The number of nitrogens with two attached hydrogens (primary N) is 1. The average molecular weight is 230 g/mol. The third kappa shape index (κ3) is 7.51. The summed E-state index contributed by atoms with van der Waals surface area (Å²) in [6.45, 7) is 4.87. The molecule has 0 heterocycles. The predicted molar refractivity (Wildman–Crippen MR) is 66.8 cm³/mol. The van der Waals surface area contributed by atoms with Gasteiger partial charge in [0, 0.05) is 6.61 Å². The van der Waals surface area contributed by atoms with Crippen LogP contribution >= 0.6 is 0 Å². The van der Waals surface area contributed by atoms with Crippen molar-refractivity contribution in [3.05, 3.63) is 0 Å². The molecule has 16 heavy (non-hydrogen) atoms. The smallest absolute Gasteiger partial charge is 0.168 e. The molecule has 0 aliphatic carbocycles. The van der Waals surface area contributed by atoms with E-state index in [1.807, 2.05) is 6.92 Å². The zero-order valence-corrected chi connectivity index (χ0v) is 10.6. The zero-order valence-electron chi connectivity index (χ0n) is 10.6. The Kier molecular flexibility index (Phi) is 10.2. The van der Waals surface area contributed by atoms with Gasteiger partial charge in [0.2, 0.25) is 0 Å². The molecule has 0 bridgehead atoms. The second-order valence-electron chi connectivity index (χ2n) is 4.06. The number of unbranched alkanes of at least 4 members (excludes halogenated alkanes) is 5. The molecule has 1 atom stereocenters. The number of rotatable bonds is 10. The molecule has 0 spiro atoms. The van der Waals surface area contributed by atoms with Crippen LogP contribution in [0.15, 0.2) is 5.16 Å². The molecule has 96 valence electrons. The van der Waals surface area contributed by atoms with Crippen molar-refractivity contribution in [2.45, 2.75) is 64.9 Å². The van der Waals surface area contributed by atoms with Gasteiger partial charge in [-0.2, -0.15) is 0 Å². The van der Waals surface area contributed by atoms with Crippen molar-refractivity contribution >= 4 is 5.84 Å². The van der Waals surface area contributed by atoms with Gasteiger partial charge in [-0.3, -0.25) is 0 Å². The lowest BCUT2D eigenvalue weighted by atomic mass is 10.1. The van der Waals surface area contributed by atoms with E-state index < -0.39 is 0 Å². The van der Waals surface area contributed by atoms with Crippen molar-refractivity contribution in [2.24, 2.45) is 10.9 Å². The normalized spacial score (nSPS) is 14.0. The first kappa shape index (κ1) is 15.2. The fourth-order valence-electron chi connectivity index (χ4n) is 1.58. The summed E-state index contributed by atoms with van der Waals surface area (Å²) < 4.78 is 5.53. The van der Waals surface area contributed by atoms with Gasteiger partial charge in [-0.05, 0) is 12.8 Å². The van der Waals surface area contributed by atoms with Gasteiger partial charge in [-0.15, -0.1) is 0 Å². The van der Waals surface area contributed by atoms with Crippen molar-refractivity contribution in [1.82, 2.24) is 0 Å². The first-order chi connectivity index (χ1) is 7.76. The van der Waals surface area contributed by atoms with Gasteiger partial charge in [-0.1, -0.05) is 51.1 Å². The highest BCUT2D eigenvalue weighted by atomic mass is 16.5. The molecule has 0 radical (unpaired) electrons. The lowest BCUT2D eigenvalue weighted by Crippen LogP contribution is -2.31. The van der Waals surface area contributed by atoms with E-state index in [-0.39, 0.29) is 11.9 Å². The topological polar surface area (TPSA) is 67.8 Å². The van der Waals surface area contributed by atoms with Crippen molar-refractivity contribution in [3.63, 3.8) is 0 Å². The molecule has 0 amide bonds. The second-order valence-corrected chi connectivity index (χ2v) is 4.06. The van der Waals surface area contributed by atoms with E-state index in [0.29, 0.717) is 6.61 Å². The van der Waals surface area contributed by atoms with E-state index >= 15 is 0 Å². The summed E-state index contributed by atoms with van der Waals surface area (Å²) in [5, 5.41) is 11.5. The van der Waals surface area contributed by atoms with Crippen LogP contribution in [-0.2, 0) is 4.74 Å². The zero-order chi connectivity index (χ0) is 12.2. The van der Waals surface area contributed by atoms with E-state index in [0.717, 1.165) is 12.8 Å². The average Bonchev–Trinajstić information content (AvgIpc) is 2.32. The van der Waals surface area contributed by atoms with Crippen LogP contribution < -0.4 is 5.73 Å². The van der Waals surface area contributed by atoms with Crippen LogP contribution in [0.1, 0.15) is 58.8 Å². The molecule has 0 aromatic carbocycles. The molecule has 3 N–H and O–H groups in total. The first-order valence-electron chi connectivity index (χ1n) is 6.35. The molecule has 1 unspecified atom stereocenters. The lowest BCUT2D eigenvalue weighted by molar-refractivity contribution is 0.0884. The van der Waals surface area contributed by atoms with Gasteiger partial charge in [0.15, 0.2) is 5.84 Å². The number of nitrogens with zero attached hydrogens (tertiary/aromatic N) is 1. The number of oxime groups is 1. The summed E-state index contributed by atoms with van der Waals surface area (Å²) in [7, 11) is 0. The number of ether oxygens (including phenoxy) is 1. The summed E-state index contributed by atoms with van der Waals surface area (Å²) in [6, 6.07) is 0. The van der Waals surface area contributed by atoms with Crippen LogP contribution in [0.2, 0.25) is 0 Å². The number of amidine groups is 1. The van der Waals surface area contributed by atoms with Crippen LogP contribution in [0, 0.1) is 0 Å². The number of hydrogen-bond acceptors (Lipinski definition) is 3. The van der Waals surface area contributed by atoms with Gasteiger partial charge in [0.1, 0.15) is 6.10 Å². The van der Waals surface area contributed by atoms with Gasteiger partial charge >= 0.3 is 0 Å². The molecule has 0 aliphatic rings. The molecular weight excluding hydrogens is 204 g/mol. The van der Waals surface area contributed by atoms with E-state index in [2.05, 4.69) is 12.1 Å². The van der Waals surface area contributed by atoms with Gasteiger partial charge < -0.3 is 15.7 Å². The highest BCUT2D eigenvalue weighted by Gasteiger charge is 2.11. The molecule has 0 aliphatic heterocycles. The Morgan fingerprint density at radius 1 is 1.19 bits per heavy atom. The summed E-state index contributed by atoms with van der Waals surface area (Å²) in [4.78, 5) is 0. The monoisotopic (exact) mass is 230 g/mol. The molecule has 0 saturated heterocycles. The van der Waals surface area contributed by atoms with Crippen molar-refractivity contribution < 1.29 is 9.94 Å². The Balaban J connectivity index is 3.42. The first-order valence-corrected chi connectivity index (χ1v) is 6.35. The SMILES string of the molecule is CCCCCCCCOC(CC)C(N)=NO. The largest absolute Gasteiger partial charge is 0.409 e. The third-order valence-electron chi connectivity index (χ3n) is 2.63. The maximum absolute atomic E-state index is 8.52. The Morgan fingerprint density at radius 3 is 2.38 bits per heavy atom. The van der Waals surface area contributed by atoms with Crippen LogP contribution in [0.4, 0.5) is 0 Å². The molecule has 4 heteroatoms. The summed E-state index contributed by atoms with van der Waals surface area (Å²) in [6.07, 6.45) is 7.95. The minimum atomic E-state index is -0.236. The second kappa shape index (κ2) is 10.7. The molecule has 4 nitrogen and oxygen atoms in total. The van der Waals surface area contributed by atoms with Gasteiger partial charge in [-0.25, -0.2) is 0 Å². The minimum absolute atomic E-state index is 0.175. The van der Waals surface area contributed by atoms with Crippen molar-refractivity contribution in [1.29, 1.82) is 0 Å². The molecular formula is C12H26N2O2. The van der Waals surface area contributed by atoms with E-state index in [4.69, 9.17) is 15.7 Å². The van der Waals surface area contributed by atoms with E-state index in [9.17, 15) is 0 Å². The fourth-order valence-corrected chi connectivity index (χ4v) is 1.58. The Hall–Kier alpha value is -0.770. The van der Waals surface area contributed by atoms with Crippen LogP contribution in [0.25, 0.3) is 0 Å². The predicted octanol–water partition coefficient (Wildman–Crippen LogP) is 2.89. The van der Waals surface area contributed by atoms with Gasteiger partial charge in [0.05, 0.1) is 0 Å².